The number of rotatable bonds is 7. The van der Waals surface area contributed by atoms with Crippen molar-refractivity contribution >= 4 is 50.1 Å². The highest BCUT2D eigenvalue weighted by Crippen LogP contribution is 2.28. The summed E-state index contributed by atoms with van der Waals surface area (Å²) in [7, 11) is 0. The van der Waals surface area contributed by atoms with Gasteiger partial charge in [-0.1, -0.05) is 51.2 Å². The van der Waals surface area contributed by atoms with Gasteiger partial charge in [0, 0.05) is 10.2 Å². The summed E-state index contributed by atoms with van der Waals surface area (Å²) >= 11 is 6.19. The number of hydrogen-bond donors (Lipinski definition) is 1. The first kappa shape index (κ1) is 20.3. The molecule has 28 heavy (non-hydrogen) atoms. The zero-order chi connectivity index (χ0) is 19.9. The van der Waals surface area contributed by atoms with E-state index in [1.165, 1.54) is 23.1 Å². The van der Waals surface area contributed by atoms with Gasteiger partial charge in [0.05, 0.1) is 11.6 Å². The van der Waals surface area contributed by atoms with Crippen LogP contribution in [0, 0.1) is 11.3 Å². The quantitative estimate of drug-likeness (QED) is 0.388. The number of nitrogens with zero attached hydrogens (tertiary/aromatic N) is 3. The van der Waals surface area contributed by atoms with Gasteiger partial charge in [0.25, 0.3) is 5.91 Å². The second-order valence-corrected chi connectivity index (χ2v) is 8.79. The number of benzene rings is 2. The van der Waals surface area contributed by atoms with Crippen molar-refractivity contribution in [1.29, 1.82) is 5.26 Å². The van der Waals surface area contributed by atoms with E-state index in [4.69, 9.17) is 10.00 Å². The van der Waals surface area contributed by atoms with E-state index in [1.807, 2.05) is 24.3 Å². The Hall–Kier alpha value is -2.41. The lowest BCUT2D eigenvalue weighted by atomic mass is 10.2. The summed E-state index contributed by atoms with van der Waals surface area (Å²) in [5.74, 6) is 1.03. The Bertz CT molecular complexity index is 984. The highest BCUT2D eigenvalue weighted by atomic mass is 79.9. The van der Waals surface area contributed by atoms with E-state index in [0.717, 1.165) is 14.4 Å². The topological polar surface area (TPSA) is 87.9 Å². The van der Waals surface area contributed by atoms with E-state index in [-0.39, 0.29) is 5.91 Å². The molecule has 1 N–H and O–H groups in total. The molecule has 1 atom stereocenters. The maximum atomic E-state index is 12.3. The maximum Gasteiger partial charge on any atom is 0.266 e. The number of halogens is 1. The van der Waals surface area contributed by atoms with Crippen molar-refractivity contribution in [2.75, 3.05) is 5.32 Å². The normalized spacial score (nSPS) is 11.5. The summed E-state index contributed by atoms with van der Waals surface area (Å²) < 4.78 is 7.32. The first-order chi connectivity index (χ1) is 13.5. The molecule has 3 rings (SSSR count). The minimum Gasteiger partial charge on any atom is -0.481 e. The van der Waals surface area contributed by atoms with Gasteiger partial charge in [0.2, 0.25) is 5.13 Å². The molecule has 0 radical (unpaired) electrons. The number of hydrogen-bond acceptors (Lipinski definition) is 7. The predicted molar refractivity (Wildman–Crippen MR) is 113 cm³/mol. The molecule has 0 aliphatic carbocycles. The van der Waals surface area contributed by atoms with Gasteiger partial charge in [-0.05, 0) is 48.9 Å². The maximum absolute atomic E-state index is 12.3. The zero-order valence-corrected chi connectivity index (χ0v) is 18.0. The number of thioether (sulfide) groups is 1. The van der Waals surface area contributed by atoms with Crippen LogP contribution in [0.4, 0.5) is 5.13 Å². The lowest BCUT2D eigenvalue weighted by molar-refractivity contribution is -0.122. The molecule has 9 heteroatoms. The molecule has 0 spiro atoms. The number of nitriles is 1. The van der Waals surface area contributed by atoms with Crippen molar-refractivity contribution < 1.29 is 9.53 Å². The molecule has 1 unspecified atom stereocenters. The molecule has 0 saturated heterocycles. The first-order valence-electron chi connectivity index (χ1n) is 8.22. The number of carbonyl (C=O) groups excluding carboxylic acids is 1. The fraction of sp³-hybridized carbons (Fsp3) is 0.158. The van der Waals surface area contributed by atoms with Crippen LogP contribution in [0.1, 0.15) is 18.1 Å². The van der Waals surface area contributed by atoms with Crippen LogP contribution < -0.4 is 10.1 Å². The average molecular weight is 475 g/mol. The van der Waals surface area contributed by atoms with E-state index in [0.29, 0.717) is 22.2 Å². The minimum absolute atomic E-state index is 0.289. The van der Waals surface area contributed by atoms with Crippen molar-refractivity contribution in [1.82, 2.24) is 10.2 Å². The van der Waals surface area contributed by atoms with Crippen LogP contribution in [0.5, 0.6) is 5.75 Å². The third kappa shape index (κ3) is 5.79. The van der Waals surface area contributed by atoms with Crippen molar-refractivity contribution in [2.24, 2.45) is 0 Å². The molecule has 1 aromatic heterocycles. The second kappa shape index (κ2) is 9.68. The van der Waals surface area contributed by atoms with Crippen LogP contribution in [-0.4, -0.2) is 22.2 Å². The molecule has 6 nitrogen and oxygen atoms in total. The van der Waals surface area contributed by atoms with E-state index in [9.17, 15) is 4.79 Å². The van der Waals surface area contributed by atoms with E-state index in [2.05, 4.69) is 37.5 Å². The molecular weight excluding hydrogens is 460 g/mol. The average Bonchev–Trinajstić information content (AvgIpc) is 3.15. The molecule has 0 fully saturated rings. The van der Waals surface area contributed by atoms with Crippen LogP contribution in [0.15, 0.2) is 57.3 Å². The molecule has 1 heterocycles. The highest BCUT2D eigenvalue weighted by Gasteiger charge is 2.17. The molecule has 0 saturated carbocycles. The molecule has 0 aliphatic rings. The number of anilines is 1. The van der Waals surface area contributed by atoms with Crippen LogP contribution >= 0.6 is 39.0 Å². The Morgan fingerprint density at radius 1 is 1.25 bits per heavy atom. The summed E-state index contributed by atoms with van der Waals surface area (Å²) in [6.07, 6.45) is -0.667. The van der Waals surface area contributed by atoms with Crippen LogP contribution in [0.25, 0.3) is 0 Å². The molecule has 0 aliphatic heterocycles. The standard InChI is InChI=1S/C19H15BrN4O2S2/c1-12(26-16-8-6-15(20)7-9-16)17(25)22-18-23-24-19(28-18)27-11-14-4-2-13(10-21)3-5-14/h2-9,12H,11H2,1H3,(H,22,23,25). The zero-order valence-electron chi connectivity index (χ0n) is 14.8. The summed E-state index contributed by atoms with van der Waals surface area (Å²) in [5.41, 5.74) is 1.72. The summed E-state index contributed by atoms with van der Waals surface area (Å²) in [4.78, 5) is 12.3. The number of nitrogens with one attached hydrogen (secondary N) is 1. The smallest absolute Gasteiger partial charge is 0.266 e. The molecule has 2 aromatic carbocycles. The van der Waals surface area contributed by atoms with Crippen molar-refractivity contribution in [2.45, 2.75) is 23.1 Å². The monoisotopic (exact) mass is 474 g/mol. The van der Waals surface area contributed by atoms with Crippen molar-refractivity contribution in [3.63, 3.8) is 0 Å². The van der Waals surface area contributed by atoms with E-state index < -0.39 is 6.10 Å². The molecule has 1 amide bonds. The summed E-state index contributed by atoms with van der Waals surface area (Å²) in [5, 5.41) is 20.1. The van der Waals surface area contributed by atoms with Crippen molar-refractivity contribution in [3.8, 4) is 11.8 Å². The number of aromatic nitrogens is 2. The lowest BCUT2D eigenvalue weighted by Gasteiger charge is -2.13. The number of carbonyl (C=O) groups is 1. The third-order valence-electron chi connectivity index (χ3n) is 3.58. The molecule has 0 bridgehead atoms. The highest BCUT2D eigenvalue weighted by molar-refractivity contribution is 9.10. The Balaban J connectivity index is 1.50. The first-order valence-corrected chi connectivity index (χ1v) is 10.8. The van der Waals surface area contributed by atoms with Gasteiger partial charge in [-0.25, -0.2) is 0 Å². The van der Waals surface area contributed by atoms with Crippen molar-refractivity contribution in [3.05, 3.63) is 64.1 Å². The van der Waals surface area contributed by atoms with Gasteiger partial charge < -0.3 is 4.74 Å². The van der Waals surface area contributed by atoms with E-state index >= 15 is 0 Å². The van der Waals surface area contributed by atoms with Gasteiger partial charge >= 0.3 is 0 Å². The van der Waals surface area contributed by atoms with Gasteiger partial charge in [-0.2, -0.15) is 5.26 Å². The lowest BCUT2D eigenvalue weighted by Crippen LogP contribution is -2.30. The molecule has 142 valence electrons. The summed E-state index contributed by atoms with van der Waals surface area (Å²) in [6.45, 7) is 1.68. The van der Waals surface area contributed by atoms with E-state index in [1.54, 1.807) is 31.2 Å². The molecule has 3 aromatic rings. The Morgan fingerprint density at radius 3 is 2.64 bits per heavy atom. The SMILES string of the molecule is CC(Oc1ccc(Br)cc1)C(=O)Nc1nnc(SCc2ccc(C#N)cc2)s1. The number of ether oxygens (including phenoxy) is 1. The van der Waals surface area contributed by atoms with Crippen LogP contribution in [0.3, 0.4) is 0 Å². The Morgan fingerprint density at radius 2 is 1.96 bits per heavy atom. The van der Waals surface area contributed by atoms with Crippen LogP contribution in [-0.2, 0) is 10.5 Å². The van der Waals surface area contributed by atoms with Gasteiger partial charge in [0.15, 0.2) is 10.4 Å². The van der Waals surface area contributed by atoms with Gasteiger partial charge in [0.1, 0.15) is 5.75 Å². The summed E-state index contributed by atoms with van der Waals surface area (Å²) in [6, 6.07) is 16.8. The minimum atomic E-state index is -0.667. The fourth-order valence-electron chi connectivity index (χ4n) is 2.12. The Kier molecular flexibility index (Phi) is 7.03. The largest absolute Gasteiger partial charge is 0.481 e. The second-order valence-electron chi connectivity index (χ2n) is 5.67. The Labute approximate surface area is 179 Å². The predicted octanol–water partition coefficient (Wildman–Crippen LogP) is 4.87. The fourth-order valence-corrected chi connectivity index (χ4v) is 4.09. The number of amides is 1. The van der Waals surface area contributed by atoms with Gasteiger partial charge in [-0.15, -0.1) is 10.2 Å². The third-order valence-corrected chi connectivity index (χ3v) is 6.15. The van der Waals surface area contributed by atoms with Crippen LogP contribution in [0.2, 0.25) is 0 Å². The van der Waals surface area contributed by atoms with Gasteiger partial charge in [-0.3, -0.25) is 10.1 Å². The molecular formula is C19H15BrN4O2S2.